The predicted octanol–water partition coefficient (Wildman–Crippen LogP) is 1.18. The summed E-state index contributed by atoms with van der Waals surface area (Å²) >= 11 is 0. The number of aliphatic hydroxyl groups is 1. The van der Waals surface area contributed by atoms with E-state index in [0.29, 0.717) is 24.8 Å². The van der Waals surface area contributed by atoms with E-state index >= 15 is 0 Å². The Hall–Kier alpha value is -1.33. The number of rotatable bonds is 3. The number of aromatic carboxylic acids is 1. The Bertz CT molecular complexity index is 401. The second kappa shape index (κ2) is 4.89. The molecule has 1 aliphatic heterocycles. The van der Waals surface area contributed by atoms with Crippen LogP contribution in [0.1, 0.15) is 29.5 Å². The van der Waals surface area contributed by atoms with E-state index in [1.165, 1.54) is 12.3 Å². The van der Waals surface area contributed by atoms with Crippen LogP contribution in [0.5, 0.6) is 0 Å². The second-order valence-corrected chi connectivity index (χ2v) is 4.68. The van der Waals surface area contributed by atoms with E-state index in [1.54, 1.807) is 0 Å². The van der Waals surface area contributed by atoms with Gasteiger partial charge in [0, 0.05) is 6.54 Å². The molecule has 0 saturated carbocycles. The first-order chi connectivity index (χ1) is 8.06. The van der Waals surface area contributed by atoms with E-state index in [1.807, 2.05) is 6.92 Å². The number of β-amino-alcohol motifs (C(OH)–C–C–N with tert-alkyl or cyclic N) is 1. The standard InChI is InChI=1S/C12H17NO4/c1-8-2-3-13(6-11(8)14)5-10-4-9(7-17-10)12(15)16/h4,7-8,11,14H,2-3,5-6H2,1H3,(H,15,16). The lowest BCUT2D eigenvalue weighted by Crippen LogP contribution is -2.42. The maximum atomic E-state index is 10.7. The number of hydrogen-bond acceptors (Lipinski definition) is 4. The maximum absolute atomic E-state index is 10.7. The number of carboxylic acids is 1. The van der Waals surface area contributed by atoms with Crippen molar-refractivity contribution in [1.82, 2.24) is 4.90 Å². The van der Waals surface area contributed by atoms with E-state index in [0.717, 1.165) is 13.0 Å². The van der Waals surface area contributed by atoms with Gasteiger partial charge in [0.2, 0.25) is 0 Å². The topological polar surface area (TPSA) is 73.9 Å². The summed E-state index contributed by atoms with van der Waals surface area (Å²) in [5.41, 5.74) is 0.172. The van der Waals surface area contributed by atoms with Crippen LogP contribution in [-0.4, -0.2) is 40.3 Å². The average Bonchev–Trinajstić information content (AvgIpc) is 2.72. The number of aliphatic hydroxyl groups excluding tert-OH is 1. The van der Waals surface area contributed by atoms with Crippen molar-refractivity contribution in [1.29, 1.82) is 0 Å². The molecule has 0 radical (unpaired) electrons. The Kier molecular flexibility index (Phi) is 3.49. The first-order valence-corrected chi connectivity index (χ1v) is 5.77. The molecule has 2 unspecified atom stereocenters. The van der Waals surface area contributed by atoms with Gasteiger partial charge in [0.15, 0.2) is 0 Å². The molecule has 2 N–H and O–H groups in total. The van der Waals surface area contributed by atoms with Gasteiger partial charge in [0.25, 0.3) is 0 Å². The van der Waals surface area contributed by atoms with Crippen LogP contribution >= 0.6 is 0 Å². The van der Waals surface area contributed by atoms with Crippen LogP contribution in [0.2, 0.25) is 0 Å². The summed E-state index contributed by atoms with van der Waals surface area (Å²) in [5, 5.41) is 18.5. The Morgan fingerprint density at radius 2 is 2.41 bits per heavy atom. The van der Waals surface area contributed by atoms with Crippen molar-refractivity contribution in [3.63, 3.8) is 0 Å². The second-order valence-electron chi connectivity index (χ2n) is 4.68. The van der Waals surface area contributed by atoms with Crippen LogP contribution in [-0.2, 0) is 6.54 Å². The molecule has 1 saturated heterocycles. The van der Waals surface area contributed by atoms with Gasteiger partial charge in [-0.1, -0.05) is 6.92 Å². The van der Waals surface area contributed by atoms with Gasteiger partial charge in [0.1, 0.15) is 12.0 Å². The summed E-state index contributed by atoms with van der Waals surface area (Å²) < 4.78 is 5.19. The highest BCUT2D eigenvalue weighted by Crippen LogP contribution is 2.19. The third-order valence-electron chi connectivity index (χ3n) is 3.28. The molecule has 2 heterocycles. The van der Waals surface area contributed by atoms with E-state index in [9.17, 15) is 9.90 Å². The first-order valence-electron chi connectivity index (χ1n) is 5.77. The number of piperidine rings is 1. The van der Waals surface area contributed by atoms with Crippen molar-refractivity contribution in [2.24, 2.45) is 5.92 Å². The number of likely N-dealkylation sites (tertiary alicyclic amines) is 1. The van der Waals surface area contributed by atoms with Gasteiger partial charge in [0.05, 0.1) is 18.2 Å². The number of hydrogen-bond donors (Lipinski definition) is 2. The highest BCUT2D eigenvalue weighted by molar-refractivity contribution is 5.87. The molecule has 1 aromatic heterocycles. The summed E-state index contributed by atoms with van der Waals surface area (Å²) in [7, 11) is 0. The molecular formula is C12H17NO4. The molecule has 0 bridgehead atoms. The van der Waals surface area contributed by atoms with Crippen LogP contribution in [0.25, 0.3) is 0 Å². The van der Waals surface area contributed by atoms with Crippen molar-refractivity contribution >= 4 is 5.97 Å². The molecule has 17 heavy (non-hydrogen) atoms. The van der Waals surface area contributed by atoms with E-state index in [4.69, 9.17) is 9.52 Å². The molecule has 0 spiro atoms. The van der Waals surface area contributed by atoms with Crippen molar-refractivity contribution in [3.8, 4) is 0 Å². The Balaban J connectivity index is 1.94. The smallest absolute Gasteiger partial charge is 0.338 e. The minimum Gasteiger partial charge on any atom is -0.478 e. The highest BCUT2D eigenvalue weighted by atomic mass is 16.4. The zero-order chi connectivity index (χ0) is 12.4. The summed E-state index contributed by atoms with van der Waals surface area (Å²) in [6.07, 6.45) is 1.89. The van der Waals surface area contributed by atoms with Crippen molar-refractivity contribution in [3.05, 3.63) is 23.7 Å². The van der Waals surface area contributed by atoms with Gasteiger partial charge in [-0.15, -0.1) is 0 Å². The molecule has 0 amide bonds. The molecule has 2 atom stereocenters. The zero-order valence-corrected chi connectivity index (χ0v) is 9.80. The molecular weight excluding hydrogens is 222 g/mol. The van der Waals surface area contributed by atoms with E-state index < -0.39 is 5.97 Å². The van der Waals surface area contributed by atoms with Crippen molar-refractivity contribution < 1.29 is 19.4 Å². The summed E-state index contributed by atoms with van der Waals surface area (Å²) in [4.78, 5) is 12.8. The van der Waals surface area contributed by atoms with E-state index in [2.05, 4.69) is 4.90 Å². The highest BCUT2D eigenvalue weighted by Gasteiger charge is 2.24. The summed E-state index contributed by atoms with van der Waals surface area (Å²) in [6, 6.07) is 1.53. The molecule has 0 aromatic carbocycles. The van der Waals surface area contributed by atoms with Crippen LogP contribution < -0.4 is 0 Å². The van der Waals surface area contributed by atoms with Gasteiger partial charge in [-0.2, -0.15) is 0 Å². The fourth-order valence-corrected chi connectivity index (χ4v) is 2.05. The molecule has 0 aliphatic carbocycles. The third-order valence-corrected chi connectivity index (χ3v) is 3.28. The Labute approximate surface area is 99.6 Å². The number of carbonyl (C=O) groups is 1. The van der Waals surface area contributed by atoms with E-state index in [-0.39, 0.29) is 11.7 Å². The van der Waals surface area contributed by atoms with Gasteiger partial charge < -0.3 is 14.6 Å². The molecule has 1 aromatic rings. The summed E-state index contributed by atoms with van der Waals surface area (Å²) in [6.45, 7) is 4.11. The zero-order valence-electron chi connectivity index (χ0n) is 9.80. The minimum atomic E-state index is -0.979. The predicted molar refractivity (Wildman–Crippen MR) is 60.7 cm³/mol. The molecule has 2 rings (SSSR count). The SMILES string of the molecule is CC1CCN(Cc2cc(C(=O)O)co2)CC1O. The quantitative estimate of drug-likeness (QED) is 0.828. The van der Waals surface area contributed by atoms with Crippen LogP contribution in [0.4, 0.5) is 0 Å². The Morgan fingerprint density at radius 3 is 3.00 bits per heavy atom. The fraction of sp³-hybridized carbons (Fsp3) is 0.583. The third kappa shape index (κ3) is 2.87. The molecule has 1 fully saturated rings. The largest absolute Gasteiger partial charge is 0.478 e. The Morgan fingerprint density at radius 1 is 1.65 bits per heavy atom. The number of carboxylic acid groups (broad SMARTS) is 1. The maximum Gasteiger partial charge on any atom is 0.338 e. The van der Waals surface area contributed by atoms with Crippen molar-refractivity contribution in [2.75, 3.05) is 13.1 Å². The first kappa shape index (κ1) is 12.1. The number of nitrogens with zero attached hydrogens (tertiary/aromatic N) is 1. The molecule has 1 aliphatic rings. The number of furan rings is 1. The van der Waals surface area contributed by atoms with Crippen LogP contribution in [0.3, 0.4) is 0 Å². The van der Waals surface area contributed by atoms with Crippen LogP contribution in [0.15, 0.2) is 16.7 Å². The molecule has 5 heteroatoms. The minimum absolute atomic E-state index is 0.172. The lowest BCUT2D eigenvalue weighted by atomic mass is 9.96. The lowest BCUT2D eigenvalue weighted by molar-refractivity contribution is 0.0234. The monoisotopic (exact) mass is 239 g/mol. The van der Waals surface area contributed by atoms with Gasteiger partial charge in [-0.05, 0) is 24.9 Å². The van der Waals surface area contributed by atoms with Gasteiger partial charge in [-0.25, -0.2) is 4.79 Å². The fourth-order valence-electron chi connectivity index (χ4n) is 2.05. The van der Waals surface area contributed by atoms with Crippen molar-refractivity contribution in [2.45, 2.75) is 26.0 Å². The van der Waals surface area contributed by atoms with Gasteiger partial charge >= 0.3 is 5.97 Å². The molecule has 94 valence electrons. The van der Waals surface area contributed by atoms with Gasteiger partial charge in [-0.3, -0.25) is 4.90 Å². The summed E-state index contributed by atoms with van der Waals surface area (Å²) in [5.74, 6) is -0.0196. The lowest BCUT2D eigenvalue weighted by Gasteiger charge is -2.33. The van der Waals surface area contributed by atoms with Crippen LogP contribution in [0, 0.1) is 5.92 Å². The average molecular weight is 239 g/mol. The molecule has 5 nitrogen and oxygen atoms in total. The normalized spacial score (nSPS) is 26.0.